The Balaban J connectivity index is 1.27. The van der Waals surface area contributed by atoms with Crippen LogP contribution in [0.25, 0.3) is 11.0 Å². The van der Waals surface area contributed by atoms with Gasteiger partial charge in [-0.15, -0.1) is 0 Å². The fourth-order valence-electron chi connectivity index (χ4n) is 5.34. The second-order valence-corrected chi connectivity index (χ2v) is 10.4. The number of fused-ring (bicyclic) bond motifs is 2. The first-order valence-electron chi connectivity index (χ1n) is 13.0. The lowest BCUT2D eigenvalue weighted by Gasteiger charge is -2.29. The maximum Gasteiger partial charge on any atom is 0.254 e. The fraction of sp³-hybridized carbons (Fsp3) is 0.310. The third-order valence-electron chi connectivity index (χ3n) is 7.50. The quantitative estimate of drug-likeness (QED) is 0.313. The van der Waals surface area contributed by atoms with Gasteiger partial charge < -0.3 is 25.0 Å². The summed E-state index contributed by atoms with van der Waals surface area (Å²) in [5.41, 5.74) is 3.91. The molecule has 1 amide bonds. The molecule has 2 aliphatic heterocycles. The number of nitrogens with zero attached hydrogens (tertiary/aromatic N) is 3. The first kappa shape index (κ1) is 25.5. The summed E-state index contributed by atoms with van der Waals surface area (Å²) in [4.78, 5) is 40.8. The lowest BCUT2D eigenvalue weighted by atomic mass is 9.98. The van der Waals surface area contributed by atoms with Crippen molar-refractivity contribution in [2.75, 3.05) is 25.1 Å². The topological polar surface area (TPSA) is 120 Å². The number of carbonyl (C=O) groups excluding carboxylic acids is 2. The molecule has 4 aromatic rings. The molecule has 2 aliphatic rings. The van der Waals surface area contributed by atoms with Crippen LogP contribution >= 0.6 is 11.6 Å². The van der Waals surface area contributed by atoms with E-state index < -0.39 is 0 Å². The molecule has 0 spiro atoms. The van der Waals surface area contributed by atoms with Crippen LogP contribution in [-0.4, -0.2) is 68.6 Å². The normalized spacial score (nSPS) is 19.1. The Morgan fingerprint density at radius 1 is 1.13 bits per heavy atom. The zero-order valence-corrected chi connectivity index (χ0v) is 21.9. The first-order chi connectivity index (χ1) is 19.0. The summed E-state index contributed by atoms with van der Waals surface area (Å²) in [5, 5.41) is 13.5. The number of aromatic amines is 1. The highest BCUT2D eigenvalue weighted by atomic mass is 35.5. The molecule has 1 saturated heterocycles. The van der Waals surface area contributed by atoms with Gasteiger partial charge in [-0.3, -0.25) is 9.59 Å². The van der Waals surface area contributed by atoms with Crippen LogP contribution in [0.15, 0.2) is 55.0 Å². The summed E-state index contributed by atoms with van der Waals surface area (Å²) in [6.07, 6.45) is 5.17. The fourth-order valence-corrected chi connectivity index (χ4v) is 5.54. The van der Waals surface area contributed by atoms with Crippen LogP contribution in [0.3, 0.4) is 0 Å². The standard InChI is InChI=1S/C29H28ClN5O4/c30-24-8-5-18(29(38)35-10-9-17-3-1-2-4-19(17)13-35)11-22(24)26(37)23-12-31-27-25(23)28(33-16-32-27)34-20-6-7-21(14-36)39-15-20/h1-5,8,11-12,16,20-21,36H,6-7,9-10,13-15H2,(H2,31,32,33,34)/t20-,21+/m1/s1. The number of carbonyl (C=O) groups is 2. The molecule has 2 aromatic carbocycles. The van der Waals surface area contributed by atoms with Crippen molar-refractivity contribution in [3.05, 3.63) is 87.8 Å². The van der Waals surface area contributed by atoms with E-state index in [1.165, 1.54) is 11.9 Å². The van der Waals surface area contributed by atoms with Crippen molar-refractivity contribution >= 4 is 40.1 Å². The molecular weight excluding hydrogens is 518 g/mol. The maximum absolute atomic E-state index is 13.8. The number of aliphatic hydroxyl groups is 1. The predicted molar refractivity (Wildman–Crippen MR) is 147 cm³/mol. The number of aromatic nitrogens is 3. The first-order valence-corrected chi connectivity index (χ1v) is 13.4. The third kappa shape index (κ3) is 5.01. The Kier molecular flexibility index (Phi) is 7.03. The van der Waals surface area contributed by atoms with Gasteiger partial charge in [0.1, 0.15) is 17.8 Å². The van der Waals surface area contributed by atoms with E-state index in [4.69, 9.17) is 16.3 Å². The smallest absolute Gasteiger partial charge is 0.254 e. The molecule has 4 heterocycles. The summed E-state index contributed by atoms with van der Waals surface area (Å²) in [7, 11) is 0. The van der Waals surface area contributed by atoms with Gasteiger partial charge in [0.15, 0.2) is 5.78 Å². The average molecular weight is 546 g/mol. The number of amides is 1. The van der Waals surface area contributed by atoms with Gasteiger partial charge in [0.2, 0.25) is 0 Å². The van der Waals surface area contributed by atoms with E-state index >= 15 is 0 Å². The van der Waals surface area contributed by atoms with E-state index in [2.05, 4.69) is 26.3 Å². The molecule has 1 fully saturated rings. The van der Waals surface area contributed by atoms with E-state index in [9.17, 15) is 14.7 Å². The minimum absolute atomic E-state index is 0.00564. The van der Waals surface area contributed by atoms with Crippen molar-refractivity contribution in [2.24, 2.45) is 0 Å². The summed E-state index contributed by atoms with van der Waals surface area (Å²) in [6, 6.07) is 12.9. The second kappa shape index (κ2) is 10.8. The number of hydrogen-bond acceptors (Lipinski definition) is 7. The Morgan fingerprint density at radius 3 is 2.77 bits per heavy atom. The minimum atomic E-state index is -0.331. The van der Waals surface area contributed by atoms with E-state index in [1.54, 1.807) is 29.3 Å². The van der Waals surface area contributed by atoms with Crippen LogP contribution in [0, 0.1) is 0 Å². The zero-order valence-electron chi connectivity index (χ0n) is 21.2. The van der Waals surface area contributed by atoms with Crippen molar-refractivity contribution in [2.45, 2.75) is 38.0 Å². The zero-order chi connectivity index (χ0) is 26.9. The number of anilines is 1. The van der Waals surface area contributed by atoms with Crippen molar-refractivity contribution in [3.8, 4) is 0 Å². The Hall–Kier alpha value is -3.79. The molecule has 0 unspecified atom stereocenters. The summed E-state index contributed by atoms with van der Waals surface area (Å²) in [6.45, 7) is 1.55. The Morgan fingerprint density at radius 2 is 1.97 bits per heavy atom. The van der Waals surface area contributed by atoms with Crippen LogP contribution < -0.4 is 5.32 Å². The van der Waals surface area contributed by atoms with E-state index in [1.807, 2.05) is 18.2 Å². The number of nitrogens with one attached hydrogen (secondary N) is 2. The van der Waals surface area contributed by atoms with Gasteiger partial charge in [-0.25, -0.2) is 9.97 Å². The molecule has 6 rings (SSSR count). The van der Waals surface area contributed by atoms with Crippen molar-refractivity contribution < 1.29 is 19.4 Å². The molecule has 10 heteroatoms. The molecule has 9 nitrogen and oxygen atoms in total. The molecular formula is C29H28ClN5O4. The number of ether oxygens (including phenoxy) is 1. The van der Waals surface area contributed by atoms with Crippen LogP contribution in [-0.2, 0) is 17.7 Å². The molecule has 2 atom stereocenters. The van der Waals surface area contributed by atoms with Crippen molar-refractivity contribution in [1.82, 2.24) is 19.9 Å². The highest BCUT2D eigenvalue weighted by molar-refractivity contribution is 6.36. The highest BCUT2D eigenvalue weighted by Crippen LogP contribution is 2.30. The molecule has 2 aromatic heterocycles. The van der Waals surface area contributed by atoms with E-state index in [-0.39, 0.29) is 41.0 Å². The molecule has 0 bridgehead atoms. The third-order valence-corrected chi connectivity index (χ3v) is 7.83. The summed E-state index contributed by atoms with van der Waals surface area (Å²) < 4.78 is 5.69. The number of hydrogen-bond donors (Lipinski definition) is 3. The van der Waals surface area contributed by atoms with Gasteiger partial charge >= 0.3 is 0 Å². The van der Waals surface area contributed by atoms with Crippen molar-refractivity contribution in [3.63, 3.8) is 0 Å². The molecule has 200 valence electrons. The van der Waals surface area contributed by atoms with Gasteiger partial charge in [-0.2, -0.15) is 0 Å². The Labute approximate surface area is 230 Å². The van der Waals surface area contributed by atoms with Gasteiger partial charge in [0.25, 0.3) is 5.91 Å². The second-order valence-electron chi connectivity index (χ2n) is 9.97. The van der Waals surface area contributed by atoms with Crippen LogP contribution in [0.2, 0.25) is 5.02 Å². The number of ketones is 1. The van der Waals surface area contributed by atoms with Crippen molar-refractivity contribution in [1.29, 1.82) is 0 Å². The Bertz CT molecular complexity index is 1550. The summed E-state index contributed by atoms with van der Waals surface area (Å²) in [5.74, 6) is 0.0391. The largest absolute Gasteiger partial charge is 0.394 e. The van der Waals surface area contributed by atoms with Gasteiger partial charge in [0.05, 0.1) is 41.3 Å². The van der Waals surface area contributed by atoms with Gasteiger partial charge in [0, 0.05) is 30.4 Å². The SMILES string of the molecule is O=C(c1cc(C(=O)N2CCc3ccccc3C2)ccc1Cl)c1c[nH]c2ncnc(N[C@@H]3CC[C@@H](CO)OC3)c12. The monoisotopic (exact) mass is 545 g/mol. The summed E-state index contributed by atoms with van der Waals surface area (Å²) >= 11 is 6.50. The lowest BCUT2D eigenvalue weighted by Crippen LogP contribution is -2.36. The molecule has 0 aliphatic carbocycles. The molecule has 39 heavy (non-hydrogen) atoms. The number of aliphatic hydroxyl groups excluding tert-OH is 1. The highest BCUT2D eigenvalue weighted by Gasteiger charge is 2.27. The van der Waals surface area contributed by atoms with Gasteiger partial charge in [-0.1, -0.05) is 35.9 Å². The van der Waals surface area contributed by atoms with E-state index in [0.29, 0.717) is 47.7 Å². The predicted octanol–water partition coefficient (Wildman–Crippen LogP) is 3.99. The molecule has 3 N–H and O–H groups in total. The number of benzene rings is 2. The number of rotatable bonds is 6. The average Bonchev–Trinajstić information content (AvgIpc) is 3.42. The van der Waals surface area contributed by atoms with Crippen LogP contribution in [0.1, 0.15) is 50.2 Å². The molecule has 0 radical (unpaired) electrons. The molecule has 0 saturated carbocycles. The number of halogens is 1. The maximum atomic E-state index is 13.8. The van der Waals surface area contributed by atoms with Crippen LogP contribution in [0.4, 0.5) is 5.82 Å². The van der Waals surface area contributed by atoms with E-state index in [0.717, 1.165) is 24.8 Å². The van der Waals surface area contributed by atoms with Gasteiger partial charge in [-0.05, 0) is 48.6 Å². The lowest BCUT2D eigenvalue weighted by molar-refractivity contribution is -0.0224. The minimum Gasteiger partial charge on any atom is -0.394 e. The number of H-pyrrole nitrogens is 1. The van der Waals surface area contributed by atoms with Crippen LogP contribution in [0.5, 0.6) is 0 Å².